The zero-order valence-electron chi connectivity index (χ0n) is 19.0. The Morgan fingerprint density at radius 3 is 2.53 bits per heavy atom. The highest BCUT2D eigenvalue weighted by molar-refractivity contribution is 9.10. The maximum absolute atomic E-state index is 12.9. The molecule has 0 bridgehead atoms. The van der Waals surface area contributed by atoms with E-state index in [0.29, 0.717) is 19.6 Å². The standard InChI is InChI=1S/C27H26BrN3O3/c1-33-20-11-13-21(14-12-20)34-16-6-15-30-25-10-5-3-8-23(25)29-27(30)19-17-26(32)31(18-19)24-9-4-2-7-22(24)28/h2-5,7-14,19H,6,15-18H2,1H3. The van der Waals surface area contributed by atoms with Gasteiger partial charge in [-0.05, 0) is 70.9 Å². The van der Waals surface area contributed by atoms with Crippen molar-refractivity contribution in [3.63, 3.8) is 0 Å². The van der Waals surface area contributed by atoms with Gasteiger partial charge in [0.2, 0.25) is 5.91 Å². The van der Waals surface area contributed by atoms with E-state index in [0.717, 1.165) is 51.5 Å². The summed E-state index contributed by atoms with van der Waals surface area (Å²) in [5.41, 5.74) is 2.96. The van der Waals surface area contributed by atoms with Crippen LogP contribution in [-0.4, -0.2) is 35.7 Å². The number of para-hydroxylation sites is 3. The van der Waals surface area contributed by atoms with Crippen molar-refractivity contribution in [1.29, 1.82) is 0 Å². The minimum absolute atomic E-state index is 0.0366. The second kappa shape index (κ2) is 9.89. The van der Waals surface area contributed by atoms with Crippen LogP contribution in [0.2, 0.25) is 0 Å². The predicted octanol–water partition coefficient (Wildman–Crippen LogP) is 5.80. The first-order valence-corrected chi connectivity index (χ1v) is 12.2. The van der Waals surface area contributed by atoms with E-state index in [1.54, 1.807) is 7.11 Å². The molecule has 2 heterocycles. The quantitative estimate of drug-likeness (QED) is 0.276. The summed E-state index contributed by atoms with van der Waals surface area (Å²) < 4.78 is 14.3. The molecule has 1 amide bonds. The van der Waals surface area contributed by atoms with Crippen molar-refractivity contribution in [3.05, 3.63) is 83.1 Å². The van der Waals surface area contributed by atoms with E-state index in [4.69, 9.17) is 14.5 Å². The summed E-state index contributed by atoms with van der Waals surface area (Å²) in [6, 6.07) is 23.6. The van der Waals surface area contributed by atoms with Gasteiger partial charge in [0.15, 0.2) is 0 Å². The van der Waals surface area contributed by atoms with Crippen molar-refractivity contribution >= 4 is 38.6 Å². The molecule has 0 N–H and O–H groups in total. The van der Waals surface area contributed by atoms with Gasteiger partial charge in [0.05, 0.1) is 30.4 Å². The lowest BCUT2D eigenvalue weighted by atomic mass is 10.1. The van der Waals surface area contributed by atoms with Gasteiger partial charge in [-0.25, -0.2) is 4.98 Å². The highest BCUT2D eigenvalue weighted by Gasteiger charge is 2.35. The molecule has 0 aliphatic carbocycles. The summed E-state index contributed by atoms with van der Waals surface area (Å²) in [6.07, 6.45) is 1.28. The first-order valence-electron chi connectivity index (χ1n) is 11.4. The summed E-state index contributed by atoms with van der Waals surface area (Å²) in [5, 5.41) is 0. The Morgan fingerprint density at radius 2 is 1.74 bits per heavy atom. The van der Waals surface area contributed by atoms with Crippen LogP contribution in [0.3, 0.4) is 0 Å². The molecular formula is C27H26BrN3O3. The number of halogens is 1. The second-order valence-electron chi connectivity index (χ2n) is 8.34. The van der Waals surface area contributed by atoms with Crippen molar-refractivity contribution in [3.8, 4) is 11.5 Å². The zero-order chi connectivity index (χ0) is 23.5. The first-order chi connectivity index (χ1) is 16.6. The Labute approximate surface area is 207 Å². The number of carbonyl (C=O) groups excluding carboxylic acids is 1. The lowest BCUT2D eigenvalue weighted by Crippen LogP contribution is -2.25. The van der Waals surface area contributed by atoms with Gasteiger partial charge in [-0.15, -0.1) is 0 Å². The van der Waals surface area contributed by atoms with Crippen LogP contribution in [0.25, 0.3) is 11.0 Å². The van der Waals surface area contributed by atoms with E-state index in [9.17, 15) is 4.79 Å². The molecule has 6 nitrogen and oxygen atoms in total. The molecular weight excluding hydrogens is 494 g/mol. The van der Waals surface area contributed by atoms with Gasteiger partial charge in [0.25, 0.3) is 0 Å². The number of aromatic nitrogens is 2. The van der Waals surface area contributed by atoms with Gasteiger partial charge in [0, 0.05) is 29.9 Å². The van der Waals surface area contributed by atoms with E-state index in [2.05, 4.69) is 26.6 Å². The Morgan fingerprint density at radius 1 is 1.00 bits per heavy atom. The molecule has 0 radical (unpaired) electrons. The maximum atomic E-state index is 12.9. The summed E-state index contributed by atoms with van der Waals surface area (Å²) in [7, 11) is 1.65. The number of rotatable bonds is 8. The number of methoxy groups -OCH3 is 1. The van der Waals surface area contributed by atoms with E-state index in [-0.39, 0.29) is 11.8 Å². The lowest BCUT2D eigenvalue weighted by molar-refractivity contribution is -0.117. The van der Waals surface area contributed by atoms with Crippen molar-refractivity contribution in [2.75, 3.05) is 25.2 Å². The van der Waals surface area contributed by atoms with E-state index in [1.807, 2.05) is 71.6 Å². The summed E-state index contributed by atoms with van der Waals surface area (Å²) in [6.45, 7) is 1.98. The minimum Gasteiger partial charge on any atom is -0.497 e. The molecule has 1 fully saturated rings. The first kappa shape index (κ1) is 22.5. The van der Waals surface area contributed by atoms with Gasteiger partial charge in [-0.2, -0.15) is 0 Å². The molecule has 7 heteroatoms. The number of anilines is 1. The third-order valence-electron chi connectivity index (χ3n) is 6.17. The van der Waals surface area contributed by atoms with Crippen LogP contribution in [0.1, 0.15) is 24.6 Å². The van der Waals surface area contributed by atoms with Crippen molar-refractivity contribution in [2.24, 2.45) is 0 Å². The zero-order valence-corrected chi connectivity index (χ0v) is 20.6. The number of nitrogens with zero attached hydrogens (tertiary/aromatic N) is 3. The van der Waals surface area contributed by atoms with Crippen LogP contribution in [-0.2, 0) is 11.3 Å². The third kappa shape index (κ3) is 4.53. The number of fused-ring (bicyclic) bond motifs is 1. The average molecular weight is 520 g/mol. The topological polar surface area (TPSA) is 56.6 Å². The summed E-state index contributed by atoms with van der Waals surface area (Å²) >= 11 is 3.59. The number of carbonyl (C=O) groups is 1. The molecule has 0 saturated carbocycles. The molecule has 1 atom stereocenters. The van der Waals surface area contributed by atoms with Crippen LogP contribution in [0.15, 0.2) is 77.3 Å². The molecule has 4 aromatic rings. The Hall–Kier alpha value is -3.32. The Bertz CT molecular complexity index is 1300. The van der Waals surface area contributed by atoms with E-state index < -0.39 is 0 Å². The number of benzene rings is 3. The Balaban J connectivity index is 1.33. The van der Waals surface area contributed by atoms with Gasteiger partial charge >= 0.3 is 0 Å². The minimum atomic E-state index is 0.0366. The van der Waals surface area contributed by atoms with Gasteiger partial charge < -0.3 is 18.9 Å². The molecule has 0 spiro atoms. The van der Waals surface area contributed by atoms with Gasteiger partial charge in [0.1, 0.15) is 17.3 Å². The highest BCUT2D eigenvalue weighted by Crippen LogP contribution is 2.36. The predicted molar refractivity (Wildman–Crippen MR) is 137 cm³/mol. The van der Waals surface area contributed by atoms with E-state index in [1.165, 1.54) is 0 Å². The van der Waals surface area contributed by atoms with Crippen LogP contribution in [0.5, 0.6) is 11.5 Å². The number of hydrogen-bond acceptors (Lipinski definition) is 4. The Kier molecular flexibility index (Phi) is 6.54. The van der Waals surface area contributed by atoms with E-state index >= 15 is 0 Å². The van der Waals surface area contributed by atoms with Gasteiger partial charge in [-0.3, -0.25) is 4.79 Å². The van der Waals surface area contributed by atoms with Crippen molar-refractivity contribution in [1.82, 2.24) is 9.55 Å². The fraction of sp³-hybridized carbons (Fsp3) is 0.259. The number of ether oxygens (including phenoxy) is 2. The highest BCUT2D eigenvalue weighted by atomic mass is 79.9. The fourth-order valence-electron chi connectivity index (χ4n) is 4.51. The smallest absolute Gasteiger partial charge is 0.227 e. The van der Waals surface area contributed by atoms with Crippen LogP contribution in [0.4, 0.5) is 5.69 Å². The molecule has 1 aliphatic heterocycles. The van der Waals surface area contributed by atoms with Crippen LogP contribution < -0.4 is 14.4 Å². The van der Waals surface area contributed by atoms with Crippen LogP contribution >= 0.6 is 15.9 Å². The molecule has 1 aliphatic rings. The molecule has 174 valence electrons. The molecule has 1 aromatic heterocycles. The second-order valence-corrected chi connectivity index (χ2v) is 9.20. The largest absolute Gasteiger partial charge is 0.497 e. The molecule has 3 aromatic carbocycles. The number of imidazole rings is 1. The number of hydrogen-bond donors (Lipinski definition) is 0. The molecule has 1 unspecified atom stereocenters. The van der Waals surface area contributed by atoms with Crippen molar-refractivity contribution < 1.29 is 14.3 Å². The fourth-order valence-corrected chi connectivity index (χ4v) is 5.01. The monoisotopic (exact) mass is 519 g/mol. The third-order valence-corrected chi connectivity index (χ3v) is 6.84. The summed E-state index contributed by atoms with van der Waals surface area (Å²) in [4.78, 5) is 19.8. The SMILES string of the molecule is COc1ccc(OCCCn2c(C3CC(=O)N(c4ccccc4Br)C3)nc3ccccc32)cc1. The average Bonchev–Trinajstić information content (AvgIpc) is 3.43. The lowest BCUT2D eigenvalue weighted by Gasteiger charge is -2.19. The molecule has 1 saturated heterocycles. The van der Waals surface area contributed by atoms with Crippen molar-refractivity contribution in [2.45, 2.75) is 25.3 Å². The van der Waals surface area contributed by atoms with Gasteiger partial charge in [-0.1, -0.05) is 24.3 Å². The summed E-state index contributed by atoms with van der Waals surface area (Å²) in [5.74, 6) is 2.76. The van der Waals surface area contributed by atoms with Crippen LogP contribution in [0, 0.1) is 0 Å². The molecule has 5 rings (SSSR count). The number of amides is 1. The molecule has 34 heavy (non-hydrogen) atoms. The number of aryl methyl sites for hydroxylation is 1. The normalized spacial score (nSPS) is 15.8. The maximum Gasteiger partial charge on any atom is 0.227 e.